The monoisotopic (exact) mass is 303 g/mol. The number of halogens is 1. The zero-order valence-electron chi connectivity index (χ0n) is 11.8. The van der Waals surface area contributed by atoms with Gasteiger partial charge in [-0.15, -0.1) is 0 Å². The van der Waals surface area contributed by atoms with Crippen LogP contribution in [0.4, 0.5) is 10.1 Å². The van der Waals surface area contributed by atoms with Crippen molar-refractivity contribution in [1.82, 2.24) is 0 Å². The molecule has 2 rings (SSSR count). The zero-order valence-corrected chi connectivity index (χ0v) is 11.8. The number of hydrogen-bond acceptors (Lipinski definition) is 3. The van der Waals surface area contributed by atoms with Crippen molar-refractivity contribution in [3.05, 3.63) is 75.1 Å². The summed E-state index contributed by atoms with van der Waals surface area (Å²) >= 11 is 0. The fourth-order valence-electron chi connectivity index (χ4n) is 2.26. The van der Waals surface area contributed by atoms with E-state index in [2.05, 4.69) is 0 Å². The average Bonchev–Trinajstić information content (AvgIpc) is 2.47. The number of carboxylic acids is 1. The summed E-state index contributed by atoms with van der Waals surface area (Å²) in [5, 5.41) is 20.3. The fraction of sp³-hybridized carbons (Fsp3) is 0.188. The summed E-state index contributed by atoms with van der Waals surface area (Å²) in [7, 11) is 0. The molecule has 0 fully saturated rings. The lowest BCUT2D eigenvalue weighted by Crippen LogP contribution is -2.14. The minimum Gasteiger partial charge on any atom is -0.481 e. The van der Waals surface area contributed by atoms with Crippen molar-refractivity contribution in [3.63, 3.8) is 0 Å². The van der Waals surface area contributed by atoms with Crippen LogP contribution in [0.2, 0.25) is 0 Å². The second kappa shape index (κ2) is 6.34. The smallest absolute Gasteiger partial charge is 0.311 e. The Kier molecular flexibility index (Phi) is 4.50. The maximum Gasteiger partial charge on any atom is 0.311 e. The van der Waals surface area contributed by atoms with Gasteiger partial charge < -0.3 is 5.11 Å². The number of nitrogens with zero attached hydrogens (tertiary/aromatic N) is 1. The minimum absolute atomic E-state index is 0.0410. The number of nitro benzene ring substituents is 1. The Morgan fingerprint density at radius 1 is 1.27 bits per heavy atom. The Morgan fingerprint density at radius 3 is 2.45 bits per heavy atom. The highest BCUT2D eigenvalue weighted by molar-refractivity contribution is 5.76. The standard InChI is InChI=1S/C16H14FNO4/c1-10-2-3-11(9-15(10)18(21)22)8-14(16(19)20)12-4-6-13(17)7-5-12/h2-7,9,14H,8H2,1H3,(H,19,20). The van der Waals surface area contributed by atoms with Crippen LogP contribution in [0.25, 0.3) is 0 Å². The lowest BCUT2D eigenvalue weighted by molar-refractivity contribution is -0.385. The van der Waals surface area contributed by atoms with E-state index in [1.54, 1.807) is 19.1 Å². The molecule has 0 aliphatic rings. The van der Waals surface area contributed by atoms with Crippen LogP contribution in [-0.2, 0) is 11.2 Å². The van der Waals surface area contributed by atoms with Crippen molar-refractivity contribution in [2.45, 2.75) is 19.3 Å². The van der Waals surface area contributed by atoms with Gasteiger partial charge in [0.2, 0.25) is 0 Å². The van der Waals surface area contributed by atoms with Crippen LogP contribution in [0, 0.1) is 22.9 Å². The van der Waals surface area contributed by atoms with Gasteiger partial charge in [0.05, 0.1) is 10.8 Å². The van der Waals surface area contributed by atoms with E-state index < -0.39 is 22.6 Å². The van der Waals surface area contributed by atoms with Gasteiger partial charge >= 0.3 is 5.97 Å². The highest BCUT2D eigenvalue weighted by Gasteiger charge is 2.22. The molecule has 5 nitrogen and oxygen atoms in total. The molecule has 0 aliphatic heterocycles. The van der Waals surface area contributed by atoms with Crippen molar-refractivity contribution >= 4 is 11.7 Å². The molecule has 0 saturated carbocycles. The van der Waals surface area contributed by atoms with Crippen LogP contribution in [0.1, 0.15) is 22.6 Å². The van der Waals surface area contributed by atoms with E-state index >= 15 is 0 Å². The van der Waals surface area contributed by atoms with E-state index in [1.165, 1.54) is 30.3 Å². The number of benzene rings is 2. The molecule has 6 heteroatoms. The highest BCUT2D eigenvalue weighted by atomic mass is 19.1. The van der Waals surface area contributed by atoms with E-state index in [-0.39, 0.29) is 12.1 Å². The van der Waals surface area contributed by atoms with Gasteiger partial charge in [0, 0.05) is 11.6 Å². The minimum atomic E-state index is -1.06. The molecule has 0 radical (unpaired) electrons. The van der Waals surface area contributed by atoms with Crippen LogP contribution in [0.5, 0.6) is 0 Å². The third kappa shape index (κ3) is 3.46. The average molecular weight is 303 g/mol. The van der Waals surface area contributed by atoms with Gasteiger partial charge in [-0.1, -0.05) is 24.3 Å². The second-order valence-electron chi connectivity index (χ2n) is 5.02. The quantitative estimate of drug-likeness (QED) is 0.677. The summed E-state index contributed by atoms with van der Waals surface area (Å²) in [5.41, 5.74) is 1.48. The van der Waals surface area contributed by atoms with Crippen LogP contribution in [-0.4, -0.2) is 16.0 Å². The summed E-state index contributed by atoms with van der Waals surface area (Å²) in [6.07, 6.45) is 0.0993. The van der Waals surface area contributed by atoms with Gasteiger partial charge in [-0.25, -0.2) is 4.39 Å². The van der Waals surface area contributed by atoms with Gasteiger partial charge in [0.1, 0.15) is 5.82 Å². The number of aliphatic carboxylic acids is 1. The van der Waals surface area contributed by atoms with Crippen molar-refractivity contribution in [2.75, 3.05) is 0 Å². The van der Waals surface area contributed by atoms with Gasteiger partial charge in [-0.2, -0.15) is 0 Å². The molecule has 1 atom stereocenters. The maximum atomic E-state index is 12.9. The third-order valence-electron chi connectivity index (χ3n) is 3.48. The lowest BCUT2D eigenvalue weighted by Gasteiger charge is -2.13. The Balaban J connectivity index is 2.32. The van der Waals surface area contributed by atoms with Crippen LogP contribution < -0.4 is 0 Å². The van der Waals surface area contributed by atoms with Crippen molar-refractivity contribution in [3.8, 4) is 0 Å². The van der Waals surface area contributed by atoms with Crippen molar-refractivity contribution in [1.29, 1.82) is 0 Å². The third-order valence-corrected chi connectivity index (χ3v) is 3.48. The van der Waals surface area contributed by atoms with Gasteiger partial charge in [0.25, 0.3) is 5.69 Å². The van der Waals surface area contributed by atoms with E-state index in [9.17, 15) is 24.4 Å². The molecule has 0 bridgehead atoms. The molecule has 1 unspecified atom stereocenters. The molecule has 0 spiro atoms. The number of nitro groups is 1. The summed E-state index contributed by atoms with van der Waals surface area (Å²) in [6.45, 7) is 1.62. The van der Waals surface area contributed by atoms with E-state index in [0.717, 1.165) is 0 Å². The van der Waals surface area contributed by atoms with E-state index in [4.69, 9.17) is 0 Å². The maximum absolute atomic E-state index is 12.9. The van der Waals surface area contributed by atoms with Gasteiger partial charge in [-0.3, -0.25) is 14.9 Å². The van der Waals surface area contributed by atoms with Gasteiger partial charge in [0.15, 0.2) is 0 Å². The highest BCUT2D eigenvalue weighted by Crippen LogP contribution is 2.25. The molecule has 2 aromatic rings. The summed E-state index contributed by atoms with van der Waals surface area (Å²) < 4.78 is 12.9. The van der Waals surface area contributed by atoms with E-state index in [0.29, 0.717) is 16.7 Å². The Bertz CT molecular complexity index is 713. The molecule has 2 aromatic carbocycles. The number of hydrogen-bond donors (Lipinski definition) is 1. The normalized spacial score (nSPS) is 11.9. The Morgan fingerprint density at radius 2 is 1.91 bits per heavy atom. The Hall–Kier alpha value is -2.76. The summed E-state index contributed by atoms with van der Waals surface area (Å²) in [5.74, 6) is -2.39. The molecular formula is C16H14FNO4. The zero-order chi connectivity index (χ0) is 16.3. The first kappa shape index (κ1) is 15.6. The molecule has 0 aromatic heterocycles. The summed E-state index contributed by atoms with van der Waals surface area (Å²) in [4.78, 5) is 21.9. The molecule has 0 amide bonds. The van der Waals surface area contributed by atoms with Crippen LogP contribution in [0.15, 0.2) is 42.5 Å². The first-order valence-electron chi connectivity index (χ1n) is 6.60. The first-order chi connectivity index (χ1) is 10.4. The second-order valence-corrected chi connectivity index (χ2v) is 5.02. The molecule has 1 N–H and O–H groups in total. The predicted molar refractivity (Wildman–Crippen MR) is 78.3 cm³/mol. The number of aryl methyl sites for hydroxylation is 1. The summed E-state index contributed by atoms with van der Waals surface area (Å²) in [6, 6.07) is 9.87. The van der Waals surface area contributed by atoms with Crippen LogP contribution >= 0.6 is 0 Å². The predicted octanol–water partition coefficient (Wildman–Crippen LogP) is 3.45. The molecule has 22 heavy (non-hydrogen) atoms. The molecule has 0 heterocycles. The molecule has 0 saturated heterocycles. The number of carboxylic acid groups (broad SMARTS) is 1. The van der Waals surface area contributed by atoms with E-state index in [1.807, 2.05) is 0 Å². The number of rotatable bonds is 5. The SMILES string of the molecule is Cc1ccc(CC(C(=O)O)c2ccc(F)cc2)cc1[N+](=O)[O-]. The molecular weight excluding hydrogens is 289 g/mol. The number of carbonyl (C=O) groups is 1. The Labute approximate surface area is 126 Å². The van der Waals surface area contributed by atoms with Crippen molar-refractivity contribution < 1.29 is 19.2 Å². The first-order valence-corrected chi connectivity index (χ1v) is 6.60. The molecule has 0 aliphatic carbocycles. The fourth-order valence-corrected chi connectivity index (χ4v) is 2.26. The van der Waals surface area contributed by atoms with Gasteiger partial charge in [-0.05, 0) is 36.6 Å². The van der Waals surface area contributed by atoms with Crippen molar-refractivity contribution in [2.24, 2.45) is 0 Å². The van der Waals surface area contributed by atoms with Crippen LogP contribution in [0.3, 0.4) is 0 Å². The lowest BCUT2D eigenvalue weighted by atomic mass is 9.91. The largest absolute Gasteiger partial charge is 0.481 e. The topological polar surface area (TPSA) is 80.4 Å². The molecule has 114 valence electrons.